The number of hydrogen-bond acceptors (Lipinski definition) is 2. The van der Waals surface area contributed by atoms with Crippen LogP contribution in [0.5, 0.6) is 0 Å². The Balaban J connectivity index is 1.56. The zero-order valence-electron chi connectivity index (χ0n) is 14.2. The minimum absolute atomic E-state index is 0.124. The molecule has 3 nitrogen and oxygen atoms in total. The van der Waals surface area contributed by atoms with Crippen LogP contribution in [0, 0.1) is 23.2 Å². The van der Waals surface area contributed by atoms with E-state index in [-0.39, 0.29) is 11.4 Å². The summed E-state index contributed by atoms with van der Waals surface area (Å²) >= 11 is 0. The van der Waals surface area contributed by atoms with Crippen LogP contribution in [0.25, 0.3) is 0 Å². The quantitative estimate of drug-likeness (QED) is 0.836. The second kappa shape index (κ2) is 5.26. The monoisotopic (exact) mass is 292 g/mol. The molecule has 1 unspecified atom stereocenters. The number of nitrogens with one attached hydrogen (secondary N) is 2. The van der Waals surface area contributed by atoms with Crippen molar-refractivity contribution in [3.63, 3.8) is 0 Å². The maximum atomic E-state index is 12.0. The summed E-state index contributed by atoms with van der Waals surface area (Å²) in [5.41, 5.74) is 0.347. The van der Waals surface area contributed by atoms with Gasteiger partial charge in [-0.2, -0.15) is 0 Å². The molecule has 21 heavy (non-hydrogen) atoms. The van der Waals surface area contributed by atoms with Crippen molar-refractivity contribution >= 4 is 5.91 Å². The Morgan fingerprint density at radius 1 is 1.10 bits per heavy atom. The van der Waals surface area contributed by atoms with Crippen molar-refractivity contribution in [1.29, 1.82) is 0 Å². The molecular weight excluding hydrogens is 260 g/mol. The third-order valence-electron chi connectivity index (χ3n) is 6.09. The van der Waals surface area contributed by atoms with Gasteiger partial charge >= 0.3 is 0 Å². The summed E-state index contributed by atoms with van der Waals surface area (Å²) in [7, 11) is 0. The van der Waals surface area contributed by atoms with Crippen LogP contribution in [0.1, 0.15) is 66.2 Å². The average Bonchev–Trinajstić information content (AvgIpc) is 2.32. The molecule has 4 saturated carbocycles. The lowest BCUT2D eigenvalue weighted by Crippen LogP contribution is -2.56. The lowest BCUT2D eigenvalue weighted by atomic mass is 9.48. The first kappa shape index (κ1) is 15.3. The molecule has 4 fully saturated rings. The van der Waals surface area contributed by atoms with Gasteiger partial charge in [0.1, 0.15) is 0 Å². The van der Waals surface area contributed by atoms with Gasteiger partial charge in [0.25, 0.3) is 0 Å². The first-order chi connectivity index (χ1) is 9.76. The zero-order valence-corrected chi connectivity index (χ0v) is 14.2. The molecule has 3 heteroatoms. The Morgan fingerprint density at radius 2 is 1.57 bits per heavy atom. The van der Waals surface area contributed by atoms with Gasteiger partial charge in [0.2, 0.25) is 5.91 Å². The molecule has 1 atom stereocenters. The van der Waals surface area contributed by atoms with E-state index < -0.39 is 0 Å². The molecule has 0 aromatic carbocycles. The lowest BCUT2D eigenvalue weighted by molar-refractivity contribution is -0.122. The fourth-order valence-electron chi connectivity index (χ4n) is 5.63. The largest absolute Gasteiger partial charge is 0.350 e. The Kier molecular flexibility index (Phi) is 3.84. The summed E-state index contributed by atoms with van der Waals surface area (Å²) in [5, 5.41) is 6.60. The minimum Gasteiger partial charge on any atom is -0.350 e. The molecule has 0 radical (unpaired) electrons. The van der Waals surface area contributed by atoms with E-state index in [0.29, 0.717) is 18.0 Å². The third kappa shape index (κ3) is 3.28. The first-order valence-electron chi connectivity index (χ1n) is 8.80. The maximum absolute atomic E-state index is 12.0. The van der Waals surface area contributed by atoms with E-state index in [2.05, 4.69) is 17.6 Å². The third-order valence-corrected chi connectivity index (χ3v) is 6.09. The molecular formula is C18H32N2O. The van der Waals surface area contributed by atoms with Crippen molar-refractivity contribution in [2.45, 2.75) is 77.8 Å². The summed E-state index contributed by atoms with van der Waals surface area (Å²) in [6.07, 6.45) is 8.64. The summed E-state index contributed by atoms with van der Waals surface area (Å²) < 4.78 is 0. The van der Waals surface area contributed by atoms with Gasteiger partial charge in [-0.3, -0.25) is 4.79 Å². The van der Waals surface area contributed by atoms with Crippen LogP contribution in [-0.2, 0) is 4.79 Å². The predicted octanol–water partition coefficient (Wildman–Crippen LogP) is 3.10. The molecule has 1 amide bonds. The molecule has 4 rings (SSSR count). The van der Waals surface area contributed by atoms with Crippen LogP contribution in [0.3, 0.4) is 0 Å². The van der Waals surface area contributed by atoms with E-state index >= 15 is 0 Å². The van der Waals surface area contributed by atoms with E-state index in [1.54, 1.807) is 0 Å². The van der Waals surface area contributed by atoms with E-state index in [0.717, 1.165) is 17.8 Å². The SMILES string of the molecule is CC(NCC(=O)NC(C)(C)C)C12CC3CC(CC(C3)C1)C2. The van der Waals surface area contributed by atoms with Crippen molar-refractivity contribution in [3.05, 3.63) is 0 Å². The molecule has 0 spiro atoms. The first-order valence-corrected chi connectivity index (χ1v) is 8.80. The number of rotatable bonds is 4. The van der Waals surface area contributed by atoms with Gasteiger partial charge < -0.3 is 10.6 Å². The van der Waals surface area contributed by atoms with Crippen LogP contribution in [-0.4, -0.2) is 24.0 Å². The molecule has 0 saturated heterocycles. The van der Waals surface area contributed by atoms with Crippen LogP contribution in [0.4, 0.5) is 0 Å². The number of hydrogen-bond donors (Lipinski definition) is 2. The smallest absolute Gasteiger partial charge is 0.234 e. The minimum atomic E-state index is -0.136. The average molecular weight is 292 g/mol. The Labute approximate surface area is 129 Å². The van der Waals surface area contributed by atoms with Crippen molar-refractivity contribution in [1.82, 2.24) is 10.6 Å². The van der Waals surface area contributed by atoms with Crippen molar-refractivity contribution < 1.29 is 4.79 Å². The van der Waals surface area contributed by atoms with Gasteiger partial charge in [-0.15, -0.1) is 0 Å². The highest BCUT2D eigenvalue weighted by Crippen LogP contribution is 2.61. The van der Waals surface area contributed by atoms with Gasteiger partial charge in [0.05, 0.1) is 6.54 Å². The van der Waals surface area contributed by atoms with Gasteiger partial charge in [-0.1, -0.05) is 0 Å². The van der Waals surface area contributed by atoms with Crippen LogP contribution in [0.2, 0.25) is 0 Å². The van der Waals surface area contributed by atoms with Crippen LogP contribution in [0.15, 0.2) is 0 Å². The van der Waals surface area contributed by atoms with E-state index in [9.17, 15) is 4.79 Å². The second-order valence-electron chi connectivity index (χ2n) is 9.18. The zero-order chi connectivity index (χ0) is 15.3. The fourth-order valence-corrected chi connectivity index (χ4v) is 5.63. The molecule has 0 aliphatic heterocycles. The van der Waals surface area contributed by atoms with Gasteiger partial charge in [-0.25, -0.2) is 0 Å². The fraction of sp³-hybridized carbons (Fsp3) is 0.944. The van der Waals surface area contributed by atoms with E-state index in [4.69, 9.17) is 0 Å². The normalized spacial score (nSPS) is 39.3. The summed E-state index contributed by atoms with van der Waals surface area (Å²) in [5.74, 6) is 3.05. The van der Waals surface area contributed by atoms with Crippen molar-refractivity contribution in [2.24, 2.45) is 23.2 Å². The Morgan fingerprint density at radius 3 is 2.00 bits per heavy atom. The Bertz CT molecular complexity index is 375. The number of carbonyl (C=O) groups is 1. The lowest BCUT2D eigenvalue weighted by Gasteiger charge is -2.59. The van der Waals surface area contributed by atoms with Crippen molar-refractivity contribution in [3.8, 4) is 0 Å². The molecule has 120 valence electrons. The van der Waals surface area contributed by atoms with Crippen molar-refractivity contribution in [2.75, 3.05) is 6.54 Å². The van der Waals surface area contributed by atoms with E-state index in [1.807, 2.05) is 20.8 Å². The van der Waals surface area contributed by atoms with E-state index in [1.165, 1.54) is 38.5 Å². The second-order valence-corrected chi connectivity index (χ2v) is 9.18. The highest BCUT2D eigenvalue weighted by molar-refractivity contribution is 5.78. The molecule has 0 aromatic rings. The molecule has 0 aromatic heterocycles. The van der Waals surface area contributed by atoms with Crippen LogP contribution >= 0.6 is 0 Å². The molecule has 4 aliphatic carbocycles. The summed E-state index contributed by atoms with van der Waals surface area (Å²) in [4.78, 5) is 12.0. The molecule has 4 bridgehead atoms. The highest BCUT2D eigenvalue weighted by atomic mass is 16.2. The van der Waals surface area contributed by atoms with Gasteiger partial charge in [0, 0.05) is 11.6 Å². The number of amides is 1. The predicted molar refractivity (Wildman–Crippen MR) is 86.0 cm³/mol. The summed E-state index contributed by atoms with van der Waals surface area (Å²) in [6, 6.07) is 0.469. The standard InChI is InChI=1S/C18H32N2O/c1-12(19-11-16(21)20-17(2,3)4)18-8-13-5-14(9-18)7-15(6-13)10-18/h12-15,19H,5-11H2,1-4H3,(H,20,21). The highest BCUT2D eigenvalue weighted by Gasteiger charge is 2.52. The number of carbonyl (C=O) groups excluding carboxylic acids is 1. The topological polar surface area (TPSA) is 41.1 Å². The molecule has 0 heterocycles. The van der Waals surface area contributed by atoms with Crippen LogP contribution < -0.4 is 10.6 Å². The molecule has 4 aliphatic rings. The van der Waals surface area contributed by atoms with Gasteiger partial charge in [-0.05, 0) is 89.4 Å². The van der Waals surface area contributed by atoms with Gasteiger partial charge in [0.15, 0.2) is 0 Å². The Hall–Kier alpha value is -0.570. The maximum Gasteiger partial charge on any atom is 0.234 e. The molecule has 2 N–H and O–H groups in total. The summed E-state index contributed by atoms with van der Waals surface area (Å²) in [6.45, 7) is 8.88.